The van der Waals surface area contributed by atoms with Gasteiger partial charge in [0.15, 0.2) is 0 Å². The van der Waals surface area contributed by atoms with Crippen molar-refractivity contribution in [3.63, 3.8) is 0 Å². The van der Waals surface area contributed by atoms with Gasteiger partial charge >= 0.3 is 0 Å². The van der Waals surface area contributed by atoms with Crippen LogP contribution in [-0.4, -0.2) is 23.9 Å². The Morgan fingerprint density at radius 1 is 0.957 bits per heavy atom. The van der Waals surface area contributed by atoms with Crippen LogP contribution in [0.4, 0.5) is 0 Å². The molecule has 0 aromatic carbocycles. The van der Waals surface area contributed by atoms with Gasteiger partial charge in [0, 0.05) is 0 Å². The lowest BCUT2D eigenvalue weighted by Gasteiger charge is -2.49. The summed E-state index contributed by atoms with van der Waals surface area (Å²) >= 11 is 0. The first-order valence-electron chi connectivity index (χ1n) is 10.5. The van der Waals surface area contributed by atoms with E-state index in [1.54, 1.807) is 0 Å². The molecule has 3 saturated carbocycles. The van der Waals surface area contributed by atoms with Crippen molar-refractivity contribution in [2.75, 3.05) is 6.61 Å². The van der Waals surface area contributed by atoms with Crippen LogP contribution in [0.1, 0.15) is 84.5 Å². The zero-order valence-electron chi connectivity index (χ0n) is 15.4. The Morgan fingerprint density at radius 3 is 2.35 bits per heavy atom. The molecule has 0 saturated heterocycles. The van der Waals surface area contributed by atoms with Crippen molar-refractivity contribution < 1.29 is 9.84 Å². The van der Waals surface area contributed by atoms with Crippen molar-refractivity contribution in [1.29, 1.82) is 0 Å². The molecule has 0 aromatic heterocycles. The molecule has 23 heavy (non-hydrogen) atoms. The van der Waals surface area contributed by atoms with E-state index in [9.17, 15) is 5.11 Å². The second-order valence-electron chi connectivity index (χ2n) is 8.79. The fourth-order valence-corrected chi connectivity index (χ4v) is 5.98. The lowest BCUT2D eigenvalue weighted by atomic mass is 9.57. The van der Waals surface area contributed by atoms with Crippen molar-refractivity contribution in [2.24, 2.45) is 29.6 Å². The summed E-state index contributed by atoms with van der Waals surface area (Å²) in [6, 6.07) is 0. The maximum absolute atomic E-state index is 9.93. The first-order valence-corrected chi connectivity index (χ1v) is 10.5. The summed E-state index contributed by atoms with van der Waals surface area (Å²) in [5, 5.41) is 9.93. The van der Waals surface area contributed by atoms with Crippen LogP contribution in [0, 0.1) is 29.6 Å². The molecular formula is C21H38O2. The van der Waals surface area contributed by atoms with E-state index in [-0.39, 0.29) is 12.2 Å². The highest BCUT2D eigenvalue weighted by atomic mass is 16.5. The van der Waals surface area contributed by atoms with Gasteiger partial charge in [-0.15, -0.1) is 0 Å². The van der Waals surface area contributed by atoms with Crippen LogP contribution in [0.15, 0.2) is 0 Å². The van der Waals surface area contributed by atoms with E-state index in [0.717, 1.165) is 49.0 Å². The third-order valence-electron chi connectivity index (χ3n) is 7.24. The highest BCUT2D eigenvalue weighted by Crippen LogP contribution is 2.51. The smallest absolute Gasteiger partial charge is 0.0831 e. The van der Waals surface area contributed by atoms with Crippen LogP contribution in [0.3, 0.4) is 0 Å². The molecule has 2 nitrogen and oxygen atoms in total. The molecule has 0 aliphatic heterocycles. The average molecular weight is 323 g/mol. The Bertz CT molecular complexity index is 354. The fourth-order valence-electron chi connectivity index (χ4n) is 5.98. The van der Waals surface area contributed by atoms with E-state index >= 15 is 0 Å². The third-order valence-corrected chi connectivity index (χ3v) is 7.24. The number of rotatable bonds is 6. The summed E-state index contributed by atoms with van der Waals surface area (Å²) in [5.41, 5.74) is 0. The minimum atomic E-state index is -0.330. The zero-order chi connectivity index (χ0) is 16.2. The van der Waals surface area contributed by atoms with Gasteiger partial charge in [0.25, 0.3) is 0 Å². The molecule has 0 spiro atoms. The van der Waals surface area contributed by atoms with Crippen LogP contribution >= 0.6 is 0 Å². The molecule has 0 bridgehead atoms. The predicted octanol–water partition coefficient (Wildman–Crippen LogP) is 5.19. The maximum Gasteiger partial charge on any atom is 0.0831 e. The molecule has 3 aliphatic rings. The van der Waals surface area contributed by atoms with Crippen LogP contribution in [0.25, 0.3) is 0 Å². The standard InChI is InChI=1S/C21H38O2/c1-3-7-21(15(2)22)23-14-19-11-6-10-18-12-16-8-4-5-9-17(16)13-20(18)19/h15-22H,3-14H2,1-2H3/t15-,16?,17?,18?,19?,20?,21?/m1/s1. The second-order valence-corrected chi connectivity index (χ2v) is 8.79. The van der Waals surface area contributed by atoms with Gasteiger partial charge in [0.1, 0.15) is 0 Å². The van der Waals surface area contributed by atoms with Gasteiger partial charge in [-0.05, 0) is 62.2 Å². The van der Waals surface area contributed by atoms with Gasteiger partial charge in [-0.1, -0.05) is 51.9 Å². The summed E-state index contributed by atoms with van der Waals surface area (Å²) in [5.74, 6) is 4.73. The Balaban J connectivity index is 1.56. The number of fused-ring (bicyclic) bond motifs is 2. The number of hydrogen-bond acceptors (Lipinski definition) is 2. The van der Waals surface area contributed by atoms with E-state index in [4.69, 9.17) is 4.74 Å². The quantitative estimate of drug-likeness (QED) is 0.729. The molecule has 0 heterocycles. The van der Waals surface area contributed by atoms with E-state index in [2.05, 4.69) is 6.92 Å². The first-order chi connectivity index (χ1) is 11.2. The third kappa shape index (κ3) is 4.31. The van der Waals surface area contributed by atoms with Crippen LogP contribution in [0.2, 0.25) is 0 Å². The molecular weight excluding hydrogens is 284 g/mol. The summed E-state index contributed by atoms with van der Waals surface area (Å²) < 4.78 is 6.22. The molecule has 0 aromatic rings. The summed E-state index contributed by atoms with van der Waals surface area (Å²) in [4.78, 5) is 0. The molecule has 2 heteroatoms. The van der Waals surface area contributed by atoms with Gasteiger partial charge in [-0.25, -0.2) is 0 Å². The SMILES string of the molecule is CCCC(OCC1CCCC2CC3CCCCC3CC12)[C@@H](C)O. The van der Waals surface area contributed by atoms with Gasteiger partial charge in [-0.2, -0.15) is 0 Å². The Morgan fingerprint density at radius 2 is 1.65 bits per heavy atom. The molecule has 0 amide bonds. The lowest BCUT2D eigenvalue weighted by molar-refractivity contribution is -0.0759. The van der Waals surface area contributed by atoms with Crippen molar-refractivity contribution in [3.8, 4) is 0 Å². The minimum absolute atomic E-state index is 0.0476. The second kappa shape index (κ2) is 8.34. The number of ether oxygens (including phenoxy) is 1. The molecule has 3 rings (SSSR count). The highest BCUT2D eigenvalue weighted by Gasteiger charge is 2.42. The topological polar surface area (TPSA) is 29.5 Å². The number of aliphatic hydroxyl groups is 1. The Hall–Kier alpha value is -0.0800. The van der Waals surface area contributed by atoms with Crippen molar-refractivity contribution in [3.05, 3.63) is 0 Å². The molecule has 6 unspecified atom stereocenters. The van der Waals surface area contributed by atoms with Crippen molar-refractivity contribution >= 4 is 0 Å². The predicted molar refractivity (Wildman–Crippen MR) is 95.3 cm³/mol. The molecule has 134 valence electrons. The van der Waals surface area contributed by atoms with Gasteiger partial charge in [0.05, 0.1) is 18.8 Å². The molecule has 1 N–H and O–H groups in total. The number of aliphatic hydroxyl groups excluding tert-OH is 1. The van der Waals surface area contributed by atoms with E-state index in [1.165, 1.54) is 57.8 Å². The molecule has 3 aliphatic carbocycles. The van der Waals surface area contributed by atoms with Gasteiger partial charge in [-0.3, -0.25) is 0 Å². The van der Waals surface area contributed by atoms with Crippen molar-refractivity contribution in [2.45, 2.75) is 96.7 Å². The Labute approximate surface area is 143 Å². The minimum Gasteiger partial charge on any atom is -0.391 e. The van der Waals surface area contributed by atoms with Crippen molar-refractivity contribution in [1.82, 2.24) is 0 Å². The Kier molecular flexibility index (Phi) is 6.43. The van der Waals surface area contributed by atoms with Gasteiger partial charge in [0.2, 0.25) is 0 Å². The van der Waals surface area contributed by atoms with Crippen LogP contribution in [0.5, 0.6) is 0 Å². The highest BCUT2D eigenvalue weighted by molar-refractivity contribution is 4.92. The molecule has 3 fully saturated rings. The van der Waals surface area contributed by atoms with Gasteiger partial charge < -0.3 is 9.84 Å². The normalized spacial score (nSPS) is 40.0. The monoisotopic (exact) mass is 322 g/mol. The average Bonchev–Trinajstić information content (AvgIpc) is 2.56. The summed E-state index contributed by atoms with van der Waals surface area (Å²) in [6.07, 6.45) is 15.0. The maximum atomic E-state index is 9.93. The largest absolute Gasteiger partial charge is 0.391 e. The van der Waals surface area contributed by atoms with E-state index in [0.29, 0.717) is 0 Å². The van der Waals surface area contributed by atoms with Crippen LogP contribution in [-0.2, 0) is 4.74 Å². The summed E-state index contributed by atoms with van der Waals surface area (Å²) in [7, 11) is 0. The molecule has 0 radical (unpaired) electrons. The van der Waals surface area contributed by atoms with Crippen LogP contribution < -0.4 is 0 Å². The molecule has 7 atom stereocenters. The fraction of sp³-hybridized carbons (Fsp3) is 1.00. The van der Waals surface area contributed by atoms with E-state index < -0.39 is 0 Å². The number of hydrogen-bond donors (Lipinski definition) is 1. The van der Waals surface area contributed by atoms with E-state index in [1.807, 2.05) is 6.92 Å². The lowest BCUT2D eigenvalue weighted by Crippen LogP contribution is -2.41. The summed E-state index contributed by atoms with van der Waals surface area (Å²) in [6.45, 7) is 4.96. The first kappa shape index (κ1) is 17.7. The zero-order valence-corrected chi connectivity index (χ0v) is 15.4.